The van der Waals surface area contributed by atoms with Crippen LogP contribution in [0, 0.1) is 0 Å². The molecule has 1 aliphatic carbocycles. The summed E-state index contributed by atoms with van der Waals surface area (Å²) in [6.45, 7) is 1.73. The Bertz CT molecular complexity index is 1130. The monoisotopic (exact) mass is 461 g/mol. The number of carbonyl (C=O) groups excluding carboxylic acids is 2. The number of ether oxygens (including phenoxy) is 1. The predicted octanol–water partition coefficient (Wildman–Crippen LogP) is 3.44. The van der Waals surface area contributed by atoms with Crippen molar-refractivity contribution in [2.75, 3.05) is 6.61 Å². The number of hydrogen-bond acceptors (Lipinski definition) is 4. The predicted molar refractivity (Wildman–Crippen MR) is 126 cm³/mol. The number of carbonyl (C=O) groups is 3. The van der Waals surface area contributed by atoms with E-state index in [1.807, 2.05) is 36.4 Å². The number of H-pyrrole nitrogens is 1. The third-order valence-electron chi connectivity index (χ3n) is 5.91. The second-order valence-electron chi connectivity index (χ2n) is 8.43. The molecule has 0 radical (unpaired) electrons. The van der Waals surface area contributed by atoms with Crippen LogP contribution in [-0.4, -0.2) is 46.8 Å². The molecular formula is C26H27N3O5. The second-order valence-corrected chi connectivity index (χ2v) is 8.43. The van der Waals surface area contributed by atoms with E-state index in [1.54, 1.807) is 25.3 Å². The maximum Gasteiger partial charge on any atom is 0.407 e. The Labute approximate surface area is 197 Å². The summed E-state index contributed by atoms with van der Waals surface area (Å²) in [5, 5.41) is 14.2. The summed E-state index contributed by atoms with van der Waals surface area (Å²) >= 11 is 0. The number of aromatic amines is 1. The Hall–Kier alpha value is -4.07. The van der Waals surface area contributed by atoms with E-state index in [4.69, 9.17) is 9.84 Å². The minimum absolute atomic E-state index is 0.0931. The van der Waals surface area contributed by atoms with Gasteiger partial charge in [-0.2, -0.15) is 0 Å². The molecule has 8 heteroatoms. The van der Waals surface area contributed by atoms with Crippen molar-refractivity contribution in [2.45, 2.75) is 37.8 Å². The first-order valence-electron chi connectivity index (χ1n) is 11.2. The zero-order chi connectivity index (χ0) is 24.1. The van der Waals surface area contributed by atoms with Gasteiger partial charge in [0.1, 0.15) is 12.6 Å². The number of alkyl carbamates (subject to hydrolysis) is 1. The number of amides is 2. The van der Waals surface area contributed by atoms with Crippen LogP contribution in [0.15, 0.2) is 66.9 Å². The molecule has 0 aliphatic heterocycles. The van der Waals surface area contributed by atoms with Gasteiger partial charge in [-0.25, -0.2) is 4.79 Å². The van der Waals surface area contributed by atoms with Crippen molar-refractivity contribution in [1.82, 2.24) is 15.6 Å². The first-order valence-corrected chi connectivity index (χ1v) is 11.2. The van der Waals surface area contributed by atoms with Crippen LogP contribution in [0.25, 0.3) is 11.1 Å². The van der Waals surface area contributed by atoms with Crippen LogP contribution in [0.5, 0.6) is 0 Å². The van der Waals surface area contributed by atoms with E-state index in [2.05, 4.69) is 27.8 Å². The SMILES string of the molecule is C[C@@H](CC(=O)O)NC(=O)C(Cc1ccc[nH]1)NC(=O)OCC1c2ccccc2-c2ccccc21. The lowest BCUT2D eigenvalue weighted by Gasteiger charge is -2.21. The standard InChI is InChI=1S/C26H27N3O5/c1-16(13-24(30)31)28-25(32)23(14-17-7-6-12-27-17)29-26(33)34-15-22-20-10-4-2-8-18(20)19-9-3-5-11-21(19)22/h2-12,16,22-23,27H,13-15H2,1H3,(H,28,32)(H,29,33)(H,30,31)/t16-,23?/m0/s1. The maximum atomic E-state index is 12.8. The molecule has 0 fully saturated rings. The van der Waals surface area contributed by atoms with E-state index in [9.17, 15) is 14.4 Å². The number of carboxylic acids is 1. The fourth-order valence-corrected chi connectivity index (χ4v) is 4.36. The van der Waals surface area contributed by atoms with E-state index in [-0.39, 0.29) is 25.4 Å². The van der Waals surface area contributed by atoms with Gasteiger partial charge in [-0.3, -0.25) is 9.59 Å². The average Bonchev–Trinajstić information content (AvgIpc) is 3.42. The summed E-state index contributed by atoms with van der Waals surface area (Å²) in [4.78, 5) is 39.5. The lowest BCUT2D eigenvalue weighted by atomic mass is 9.98. The number of nitrogens with one attached hydrogen (secondary N) is 3. The quantitative estimate of drug-likeness (QED) is 0.389. The van der Waals surface area contributed by atoms with E-state index in [0.29, 0.717) is 0 Å². The summed E-state index contributed by atoms with van der Waals surface area (Å²) in [5.41, 5.74) is 5.20. The highest BCUT2D eigenvalue weighted by Crippen LogP contribution is 2.44. The van der Waals surface area contributed by atoms with Gasteiger partial charge >= 0.3 is 12.1 Å². The molecule has 3 aromatic rings. The molecule has 1 unspecified atom stereocenters. The van der Waals surface area contributed by atoms with Crippen molar-refractivity contribution in [3.63, 3.8) is 0 Å². The first kappa shape index (κ1) is 23.1. The first-order chi connectivity index (χ1) is 16.4. The van der Waals surface area contributed by atoms with Gasteiger partial charge in [-0.1, -0.05) is 48.5 Å². The lowest BCUT2D eigenvalue weighted by Crippen LogP contribution is -2.50. The number of rotatable bonds is 9. The van der Waals surface area contributed by atoms with Crippen molar-refractivity contribution >= 4 is 18.0 Å². The van der Waals surface area contributed by atoms with Crippen molar-refractivity contribution in [3.8, 4) is 11.1 Å². The summed E-state index contributed by atoms with van der Waals surface area (Å²) in [6, 6.07) is 18.2. The van der Waals surface area contributed by atoms with Gasteiger partial charge in [0, 0.05) is 30.3 Å². The van der Waals surface area contributed by atoms with Crippen LogP contribution < -0.4 is 10.6 Å². The molecule has 0 bridgehead atoms. The number of hydrogen-bond donors (Lipinski definition) is 4. The molecule has 1 aromatic heterocycles. The van der Waals surface area contributed by atoms with Crippen LogP contribution in [0.2, 0.25) is 0 Å². The highest BCUT2D eigenvalue weighted by atomic mass is 16.5. The topological polar surface area (TPSA) is 121 Å². The van der Waals surface area contributed by atoms with Crippen molar-refractivity contribution in [2.24, 2.45) is 0 Å². The fourth-order valence-electron chi connectivity index (χ4n) is 4.36. The summed E-state index contributed by atoms with van der Waals surface area (Å²) < 4.78 is 5.57. The molecule has 4 rings (SSSR count). The van der Waals surface area contributed by atoms with E-state index in [1.165, 1.54) is 0 Å². The Balaban J connectivity index is 1.43. The van der Waals surface area contributed by atoms with Gasteiger partial charge in [0.05, 0.1) is 6.42 Å². The summed E-state index contributed by atoms with van der Waals surface area (Å²) in [6.07, 6.45) is 1.01. The average molecular weight is 462 g/mol. The molecule has 34 heavy (non-hydrogen) atoms. The number of benzene rings is 2. The molecule has 8 nitrogen and oxygen atoms in total. The molecule has 0 spiro atoms. The third-order valence-corrected chi connectivity index (χ3v) is 5.91. The molecule has 176 valence electrons. The van der Waals surface area contributed by atoms with Crippen LogP contribution in [-0.2, 0) is 20.7 Å². The fraction of sp³-hybridized carbons (Fsp3) is 0.269. The molecule has 2 atom stereocenters. The normalized spacial score (nSPS) is 13.9. The van der Waals surface area contributed by atoms with Crippen molar-refractivity contribution < 1.29 is 24.2 Å². The smallest absolute Gasteiger partial charge is 0.407 e. The van der Waals surface area contributed by atoms with Gasteiger partial charge in [-0.15, -0.1) is 0 Å². The largest absolute Gasteiger partial charge is 0.481 e. The van der Waals surface area contributed by atoms with Gasteiger partial charge in [0.2, 0.25) is 5.91 Å². The van der Waals surface area contributed by atoms with Crippen LogP contribution >= 0.6 is 0 Å². The lowest BCUT2D eigenvalue weighted by molar-refractivity contribution is -0.137. The number of aromatic nitrogens is 1. The number of carboxylic acid groups (broad SMARTS) is 1. The molecule has 0 saturated carbocycles. The zero-order valence-electron chi connectivity index (χ0n) is 18.8. The van der Waals surface area contributed by atoms with Gasteiger partial charge < -0.3 is 25.5 Å². The van der Waals surface area contributed by atoms with Crippen LogP contribution in [0.1, 0.15) is 36.1 Å². The second kappa shape index (κ2) is 10.2. The van der Waals surface area contributed by atoms with Gasteiger partial charge in [0.25, 0.3) is 0 Å². The Kier molecular flexibility index (Phi) is 6.96. The molecule has 4 N–H and O–H groups in total. The van der Waals surface area contributed by atoms with Gasteiger partial charge in [-0.05, 0) is 41.3 Å². The third kappa shape index (κ3) is 5.28. The molecule has 1 aliphatic rings. The highest BCUT2D eigenvalue weighted by molar-refractivity contribution is 5.86. The molecule has 2 amide bonds. The van der Waals surface area contributed by atoms with Gasteiger partial charge in [0.15, 0.2) is 0 Å². The van der Waals surface area contributed by atoms with E-state index >= 15 is 0 Å². The Morgan fingerprint density at radius 1 is 0.971 bits per heavy atom. The highest BCUT2D eigenvalue weighted by Gasteiger charge is 2.30. The van der Waals surface area contributed by atoms with Crippen molar-refractivity contribution in [1.29, 1.82) is 0 Å². The zero-order valence-corrected chi connectivity index (χ0v) is 18.8. The van der Waals surface area contributed by atoms with E-state index in [0.717, 1.165) is 27.9 Å². The number of fused-ring (bicyclic) bond motifs is 3. The summed E-state index contributed by atoms with van der Waals surface area (Å²) in [5.74, 6) is -1.58. The Morgan fingerprint density at radius 2 is 1.62 bits per heavy atom. The molecule has 0 saturated heterocycles. The van der Waals surface area contributed by atoms with Crippen molar-refractivity contribution in [3.05, 3.63) is 83.7 Å². The Morgan fingerprint density at radius 3 is 2.21 bits per heavy atom. The molecular weight excluding hydrogens is 434 g/mol. The molecule has 2 aromatic carbocycles. The number of aliphatic carboxylic acids is 1. The minimum Gasteiger partial charge on any atom is -0.481 e. The van der Waals surface area contributed by atoms with Crippen LogP contribution in [0.4, 0.5) is 4.79 Å². The summed E-state index contributed by atoms with van der Waals surface area (Å²) in [7, 11) is 0. The maximum absolute atomic E-state index is 12.8. The molecule has 1 heterocycles. The van der Waals surface area contributed by atoms with Crippen LogP contribution in [0.3, 0.4) is 0 Å². The minimum atomic E-state index is -1.02. The van der Waals surface area contributed by atoms with E-state index < -0.39 is 30.1 Å².